The number of carbonyl (C=O) groups is 1. The molecule has 104 valence electrons. The van der Waals surface area contributed by atoms with Gasteiger partial charge >= 0.3 is 5.97 Å². The van der Waals surface area contributed by atoms with Gasteiger partial charge < -0.3 is 9.52 Å². The lowest BCUT2D eigenvalue weighted by molar-refractivity contribution is 0.0697. The minimum atomic E-state index is -0.956. The summed E-state index contributed by atoms with van der Waals surface area (Å²) in [5.41, 5.74) is 1.03. The van der Waals surface area contributed by atoms with E-state index in [-0.39, 0.29) is 5.56 Å². The fourth-order valence-electron chi connectivity index (χ4n) is 1.73. The van der Waals surface area contributed by atoms with E-state index in [1.165, 1.54) is 29.5 Å². The predicted molar refractivity (Wildman–Crippen MR) is 74.1 cm³/mol. The second-order valence-corrected chi connectivity index (χ2v) is 4.17. The van der Waals surface area contributed by atoms with E-state index in [1.807, 2.05) is 0 Å². The van der Waals surface area contributed by atoms with Crippen LogP contribution in [0.25, 0.3) is 11.3 Å². The van der Waals surface area contributed by atoms with Gasteiger partial charge in [-0.1, -0.05) is 12.1 Å². The van der Waals surface area contributed by atoms with Crippen LogP contribution in [0.2, 0.25) is 0 Å². The molecule has 0 saturated heterocycles. The fourth-order valence-corrected chi connectivity index (χ4v) is 1.73. The van der Waals surface area contributed by atoms with E-state index in [2.05, 4.69) is 15.3 Å². The zero-order valence-electron chi connectivity index (χ0n) is 10.7. The molecule has 21 heavy (non-hydrogen) atoms. The van der Waals surface area contributed by atoms with Gasteiger partial charge in [-0.15, -0.1) is 10.2 Å². The molecule has 1 aromatic carbocycles. The van der Waals surface area contributed by atoms with E-state index in [4.69, 9.17) is 9.52 Å². The standard InChI is InChI=1S/C14H10N4O3/c19-14(20)11-3-1-10(2-4-11)13-6-5-12(21-13)7-17-18-8-15-16-9-18/h1-9H,(H,19,20)/b17-7+. The third kappa shape index (κ3) is 2.86. The van der Waals surface area contributed by atoms with Gasteiger partial charge in [0.05, 0.1) is 11.8 Å². The maximum absolute atomic E-state index is 10.8. The van der Waals surface area contributed by atoms with Gasteiger partial charge in [-0.05, 0) is 24.3 Å². The Morgan fingerprint density at radius 3 is 2.52 bits per heavy atom. The van der Waals surface area contributed by atoms with E-state index in [0.717, 1.165) is 5.56 Å². The summed E-state index contributed by atoms with van der Waals surface area (Å²) < 4.78 is 7.07. The number of hydrogen-bond donors (Lipinski definition) is 1. The minimum Gasteiger partial charge on any atom is -0.478 e. The fraction of sp³-hybridized carbons (Fsp3) is 0. The third-order valence-electron chi connectivity index (χ3n) is 2.77. The third-order valence-corrected chi connectivity index (χ3v) is 2.77. The van der Waals surface area contributed by atoms with Crippen LogP contribution >= 0.6 is 0 Å². The van der Waals surface area contributed by atoms with Crippen LogP contribution in [0.1, 0.15) is 16.1 Å². The van der Waals surface area contributed by atoms with Crippen molar-refractivity contribution in [2.75, 3.05) is 0 Å². The molecule has 0 aliphatic heterocycles. The lowest BCUT2D eigenvalue weighted by Gasteiger charge is -1.98. The molecular weight excluding hydrogens is 272 g/mol. The number of furan rings is 1. The van der Waals surface area contributed by atoms with Crippen LogP contribution < -0.4 is 0 Å². The topological polar surface area (TPSA) is 93.5 Å². The smallest absolute Gasteiger partial charge is 0.335 e. The number of aromatic carboxylic acids is 1. The van der Waals surface area contributed by atoms with Crippen LogP contribution in [-0.2, 0) is 0 Å². The van der Waals surface area contributed by atoms with E-state index in [9.17, 15) is 4.79 Å². The predicted octanol–water partition coefficient (Wildman–Crippen LogP) is 2.12. The largest absolute Gasteiger partial charge is 0.478 e. The molecule has 0 fully saturated rings. The number of aromatic nitrogens is 3. The van der Waals surface area contributed by atoms with Crippen molar-refractivity contribution in [1.29, 1.82) is 0 Å². The Balaban J connectivity index is 1.79. The summed E-state index contributed by atoms with van der Waals surface area (Å²) >= 11 is 0. The molecule has 0 amide bonds. The Morgan fingerprint density at radius 2 is 1.86 bits per heavy atom. The van der Waals surface area contributed by atoms with E-state index in [1.54, 1.807) is 30.5 Å². The normalized spacial score (nSPS) is 11.0. The highest BCUT2D eigenvalue weighted by Crippen LogP contribution is 2.22. The van der Waals surface area contributed by atoms with Crippen molar-refractivity contribution in [2.45, 2.75) is 0 Å². The summed E-state index contributed by atoms with van der Waals surface area (Å²) in [6.07, 6.45) is 4.47. The Kier molecular flexibility index (Phi) is 3.30. The number of benzene rings is 1. The molecule has 3 rings (SSSR count). The first kappa shape index (κ1) is 12.8. The van der Waals surface area contributed by atoms with Crippen molar-refractivity contribution in [3.63, 3.8) is 0 Å². The summed E-state index contributed by atoms with van der Waals surface area (Å²) in [5.74, 6) is 0.251. The molecule has 7 heteroatoms. The summed E-state index contributed by atoms with van der Waals surface area (Å²) in [6, 6.07) is 10.0. The lowest BCUT2D eigenvalue weighted by atomic mass is 10.1. The van der Waals surface area contributed by atoms with Gasteiger partial charge in [0, 0.05) is 5.56 Å². The molecule has 0 aliphatic carbocycles. The highest BCUT2D eigenvalue weighted by molar-refractivity contribution is 5.88. The first-order valence-electron chi connectivity index (χ1n) is 6.05. The Hall–Kier alpha value is -3.22. The summed E-state index contributed by atoms with van der Waals surface area (Å²) in [6.45, 7) is 0. The van der Waals surface area contributed by atoms with Crippen molar-refractivity contribution in [1.82, 2.24) is 14.9 Å². The number of nitrogens with zero attached hydrogens (tertiary/aromatic N) is 4. The van der Waals surface area contributed by atoms with Gasteiger partial charge in [-0.2, -0.15) is 5.10 Å². The average molecular weight is 282 g/mol. The maximum Gasteiger partial charge on any atom is 0.335 e. The summed E-state index contributed by atoms with van der Waals surface area (Å²) in [4.78, 5) is 10.8. The van der Waals surface area contributed by atoms with Crippen LogP contribution in [0, 0.1) is 0 Å². The Bertz CT molecular complexity index is 773. The molecule has 0 spiro atoms. The molecule has 0 unspecified atom stereocenters. The van der Waals surface area contributed by atoms with Crippen LogP contribution in [0.15, 0.2) is 58.6 Å². The molecule has 0 radical (unpaired) electrons. The molecule has 3 aromatic rings. The van der Waals surface area contributed by atoms with Crippen molar-refractivity contribution in [3.8, 4) is 11.3 Å². The van der Waals surface area contributed by atoms with Gasteiger partial charge in [0.25, 0.3) is 0 Å². The van der Waals surface area contributed by atoms with Crippen molar-refractivity contribution < 1.29 is 14.3 Å². The van der Waals surface area contributed by atoms with Gasteiger partial charge in [0.15, 0.2) is 0 Å². The van der Waals surface area contributed by atoms with Crippen LogP contribution in [-0.4, -0.2) is 32.2 Å². The van der Waals surface area contributed by atoms with Crippen LogP contribution in [0.4, 0.5) is 0 Å². The minimum absolute atomic E-state index is 0.236. The van der Waals surface area contributed by atoms with Crippen molar-refractivity contribution in [3.05, 3.63) is 60.4 Å². The van der Waals surface area contributed by atoms with Crippen LogP contribution in [0.5, 0.6) is 0 Å². The number of carboxylic acids is 1. The number of carboxylic acid groups (broad SMARTS) is 1. The summed E-state index contributed by atoms with van der Waals surface area (Å²) in [7, 11) is 0. The van der Waals surface area contributed by atoms with Gasteiger partial charge in [0.2, 0.25) is 0 Å². The average Bonchev–Trinajstić information content (AvgIpc) is 3.17. The van der Waals surface area contributed by atoms with E-state index in [0.29, 0.717) is 11.5 Å². The monoisotopic (exact) mass is 282 g/mol. The molecule has 7 nitrogen and oxygen atoms in total. The molecule has 1 N–H and O–H groups in total. The highest BCUT2D eigenvalue weighted by Gasteiger charge is 2.06. The lowest BCUT2D eigenvalue weighted by Crippen LogP contribution is -1.94. The quantitative estimate of drug-likeness (QED) is 0.740. The molecule has 0 bridgehead atoms. The Labute approximate surface area is 119 Å². The van der Waals surface area contributed by atoms with Gasteiger partial charge in [0.1, 0.15) is 24.2 Å². The molecule has 2 heterocycles. The molecule has 0 saturated carbocycles. The number of rotatable bonds is 4. The maximum atomic E-state index is 10.8. The zero-order chi connectivity index (χ0) is 14.7. The Morgan fingerprint density at radius 1 is 1.14 bits per heavy atom. The SMILES string of the molecule is O=C(O)c1ccc(-c2ccc(/C=N/n3cnnc3)o2)cc1. The molecule has 2 aromatic heterocycles. The number of hydrogen-bond acceptors (Lipinski definition) is 5. The molecule has 0 aliphatic rings. The first-order chi connectivity index (χ1) is 10.2. The second-order valence-electron chi connectivity index (χ2n) is 4.17. The van der Waals surface area contributed by atoms with Gasteiger partial charge in [-0.25, -0.2) is 9.47 Å². The molecular formula is C14H10N4O3. The zero-order valence-corrected chi connectivity index (χ0v) is 10.7. The summed E-state index contributed by atoms with van der Waals surface area (Å²) in [5, 5.41) is 20.2. The molecule has 0 atom stereocenters. The van der Waals surface area contributed by atoms with Gasteiger partial charge in [-0.3, -0.25) is 0 Å². The second kappa shape index (κ2) is 5.41. The van der Waals surface area contributed by atoms with Crippen molar-refractivity contribution >= 4 is 12.2 Å². The van der Waals surface area contributed by atoms with E-state index >= 15 is 0 Å². The highest BCUT2D eigenvalue weighted by atomic mass is 16.4. The van der Waals surface area contributed by atoms with E-state index < -0.39 is 5.97 Å². The van der Waals surface area contributed by atoms with Crippen LogP contribution in [0.3, 0.4) is 0 Å². The first-order valence-corrected chi connectivity index (χ1v) is 6.05. The van der Waals surface area contributed by atoms with Crippen molar-refractivity contribution in [2.24, 2.45) is 5.10 Å².